The molecule has 0 aromatic heterocycles. The second-order valence-corrected chi connectivity index (χ2v) is 25.7. The van der Waals surface area contributed by atoms with Crippen molar-refractivity contribution in [3.63, 3.8) is 0 Å². The first kappa shape index (κ1) is 32.4. The molecular weight excluding hydrogens is 695 g/mol. The fraction of sp³-hybridized carbons (Fsp3) is 0.0476. The van der Waals surface area contributed by atoms with Crippen molar-refractivity contribution in [2.24, 2.45) is 0 Å². The molecule has 0 amide bonds. The molecule has 6 aromatic rings. The average molecular weight is 727 g/mol. The number of fused-ring (bicyclic) bond motifs is 2. The van der Waals surface area contributed by atoms with E-state index in [-0.39, 0.29) is 24.8 Å². The second-order valence-electron chi connectivity index (χ2n) is 11.6. The molecule has 4 heteroatoms. The van der Waals surface area contributed by atoms with Gasteiger partial charge in [0, 0.05) is 0 Å². The van der Waals surface area contributed by atoms with Gasteiger partial charge in [0.1, 0.15) is 0 Å². The third-order valence-electron chi connectivity index (χ3n) is 9.11. The first-order valence-corrected chi connectivity index (χ1v) is 23.5. The first-order valence-electron chi connectivity index (χ1n) is 15.4. The van der Waals surface area contributed by atoms with E-state index >= 15 is 0 Å². The molecule has 2 unspecified atom stereocenters. The molecule has 0 radical (unpaired) electrons. The van der Waals surface area contributed by atoms with Crippen molar-refractivity contribution in [3.05, 3.63) is 203 Å². The van der Waals surface area contributed by atoms with Crippen molar-refractivity contribution in [1.29, 1.82) is 0 Å². The number of halogens is 2. The van der Waals surface area contributed by atoms with Crippen LogP contribution in [0.5, 0.6) is 0 Å². The molecule has 2 aliphatic carbocycles. The Balaban J connectivity index is 0.00000186. The monoisotopic (exact) mass is 724 g/mol. The van der Waals surface area contributed by atoms with Crippen molar-refractivity contribution in [2.45, 2.75) is 7.25 Å². The molecule has 0 saturated heterocycles. The van der Waals surface area contributed by atoms with Gasteiger partial charge in [-0.15, -0.1) is 0 Å². The van der Waals surface area contributed by atoms with Crippen LogP contribution < -0.4 is 35.2 Å². The van der Waals surface area contributed by atoms with Gasteiger partial charge in [-0.2, -0.15) is 0 Å². The van der Waals surface area contributed by atoms with Crippen LogP contribution in [0.2, 0.25) is 0 Å². The van der Waals surface area contributed by atoms with Gasteiger partial charge in [0.2, 0.25) is 0 Å². The van der Waals surface area contributed by atoms with Crippen molar-refractivity contribution in [3.8, 4) is 0 Å². The Kier molecular flexibility index (Phi) is 10.2. The van der Waals surface area contributed by atoms with Crippen LogP contribution in [0.4, 0.5) is 0 Å². The van der Waals surface area contributed by atoms with Crippen LogP contribution in [-0.4, -0.2) is 5.43 Å². The summed E-state index contributed by atoms with van der Waals surface area (Å²) in [5.41, 5.74) is 10.5. The van der Waals surface area contributed by atoms with Crippen LogP contribution >= 0.6 is 0 Å². The minimum absolute atomic E-state index is 0. The summed E-state index contributed by atoms with van der Waals surface area (Å²) < 4.78 is 0.849. The number of hydrogen-bond acceptors (Lipinski definition) is 0. The molecular formula is C42H32Cl2SiZr. The van der Waals surface area contributed by atoms with E-state index in [9.17, 15) is 0 Å². The minimum atomic E-state index is -2.77. The molecule has 2 atom stereocenters. The Hall–Kier alpha value is -3.52. The zero-order valence-corrected chi connectivity index (χ0v) is 30.2. The summed E-state index contributed by atoms with van der Waals surface area (Å²) in [6.07, 6.45) is 5.05. The Morgan fingerprint density at radius 2 is 0.696 bits per heavy atom. The third kappa shape index (κ3) is 6.01. The standard InChI is InChI=1S/2C15H11.C12H10Si.2ClH.Zr/c2*1-2-6-12(7-3-1)15-10-13-8-4-5-9-14(13)11-15;1-3-7-11(8-4-1)13-12-9-5-2-6-10-12;;;/h2*1-11H;1-10H;2*1H;/q;;;;;+2/p-2. The molecule has 8 rings (SSSR count). The summed E-state index contributed by atoms with van der Waals surface area (Å²) >= 11 is -2.77. The maximum absolute atomic E-state index is 2.77. The van der Waals surface area contributed by atoms with Crippen LogP contribution in [0.25, 0.3) is 23.3 Å². The summed E-state index contributed by atoms with van der Waals surface area (Å²) in [7, 11) is 0. The Morgan fingerprint density at radius 1 is 0.370 bits per heavy atom. The van der Waals surface area contributed by atoms with Crippen LogP contribution in [0.1, 0.15) is 40.6 Å². The van der Waals surface area contributed by atoms with Gasteiger partial charge in [-0.3, -0.25) is 0 Å². The van der Waals surface area contributed by atoms with E-state index in [0.29, 0.717) is 7.25 Å². The molecule has 0 heterocycles. The van der Waals surface area contributed by atoms with Crippen molar-refractivity contribution < 1.29 is 45.2 Å². The Bertz CT molecular complexity index is 1910. The maximum atomic E-state index is 2.53. The number of rotatable bonds is 6. The molecule has 0 aliphatic heterocycles. The fourth-order valence-corrected chi connectivity index (χ4v) is 31.8. The van der Waals surface area contributed by atoms with Crippen LogP contribution in [0, 0.1) is 0 Å². The minimum Gasteiger partial charge on any atom is -1.00 e. The molecule has 0 spiro atoms. The van der Waals surface area contributed by atoms with E-state index in [1.807, 2.05) is 0 Å². The molecule has 222 valence electrons. The SMILES string of the molecule is C1=C(c2ccccc2)[CH]([Zr+2]([CH]2C(c3ccccc3)=Cc3ccccc32)=[Si](c2ccccc2)c2ccccc2)c2ccccc21.[Cl-].[Cl-]. The van der Waals surface area contributed by atoms with Gasteiger partial charge in [-0.1, -0.05) is 0 Å². The smallest absolute Gasteiger partial charge is 1.00 e. The van der Waals surface area contributed by atoms with E-state index in [1.54, 1.807) is 10.4 Å². The summed E-state index contributed by atoms with van der Waals surface area (Å²) in [5, 5.41) is 3.10. The molecule has 2 aliphatic rings. The van der Waals surface area contributed by atoms with E-state index < -0.39 is 25.8 Å². The third-order valence-corrected chi connectivity index (χ3v) is 29.6. The normalized spacial score (nSPS) is 15.5. The summed E-state index contributed by atoms with van der Waals surface area (Å²) in [6.45, 7) is 0. The van der Waals surface area contributed by atoms with Crippen LogP contribution in [-0.2, 0) is 20.4 Å². The quantitative estimate of drug-likeness (QED) is 0.232. The van der Waals surface area contributed by atoms with Gasteiger partial charge >= 0.3 is 270 Å². The van der Waals surface area contributed by atoms with Gasteiger partial charge in [0.05, 0.1) is 0 Å². The molecule has 0 bridgehead atoms. The van der Waals surface area contributed by atoms with Gasteiger partial charge in [-0.05, 0) is 0 Å². The maximum Gasteiger partial charge on any atom is -1.00 e. The van der Waals surface area contributed by atoms with Gasteiger partial charge < -0.3 is 24.8 Å². The molecule has 0 N–H and O–H groups in total. The number of hydrogen-bond donors (Lipinski definition) is 0. The molecule has 46 heavy (non-hydrogen) atoms. The molecule has 0 saturated carbocycles. The topological polar surface area (TPSA) is 0 Å². The second kappa shape index (κ2) is 14.5. The molecule has 0 fully saturated rings. The average Bonchev–Trinajstić information content (AvgIpc) is 3.68. The molecule has 6 aromatic carbocycles. The molecule has 0 nitrogen and oxygen atoms in total. The van der Waals surface area contributed by atoms with Crippen molar-refractivity contribution in [1.82, 2.24) is 0 Å². The van der Waals surface area contributed by atoms with E-state index in [1.165, 1.54) is 44.5 Å². The Morgan fingerprint density at radius 3 is 1.09 bits per heavy atom. The van der Waals surface area contributed by atoms with Gasteiger partial charge in [0.15, 0.2) is 0 Å². The summed E-state index contributed by atoms with van der Waals surface area (Å²) in [6, 6.07) is 64.1. The first-order chi connectivity index (χ1) is 21.9. The van der Waals surface area contributed by atoms with Crippen molar-refractivity contribution in [2.75, 3.05) is 0 Å². The van der Waals surface area contributed by atoms with Crippen LogP contribution in [0.3, 0.4) is 0 Å². The van der Waals surface area contributed by atoms with E-state index in [4.69, 9.17) is 0 Å². The van der Waals surface area contributed by atoms with Crippen molar-refractivity contribution >= 4 is 39.1 Å². The fourth-order valence-electron chi connectivity index (χ4n) is 7.24. The predicted octanol–water partition coefficient (Wildman–Crippen LogP) is 3.01. The summed E-state index contributed by atoms with van der Waals surface area (Å²) in [5.74, 6) is 0. The number of benzene rings is 6. The number of allylic oxidation sites excluding steroid dienone is 2. The zero-order valence-electron chi connectivity index (χ0n) is 25.2. The Labute approximate surface area is 292 Å². The van der Waals surface area contributed by atoms with Crippen LogP contribution in [0.15, 0.2) is 170 Å². The largest absolute Gasteiger partial charge is 1.00 e. The van der Waals surface area contributed by atoms with Gasteiger partial charge in [-0.25, -0.2) is 0 Å². The zero-order chi connectivity index (χ0) is 29.3. The predicted molar refractivity (Wildman–Crippen MR) is 185 cm³/mol. The van der Waals surface area contributed by atoms with E-state index in [0.717, 1.165) is 0 Å². The summed E-state index contributed by atoms with van der Waals surface area (Å²) in [4.78, 5) is 0. The van der Waals surface area contributed by atoms with E-state index in [2.05, 4.69) is 182 Å². The van der Waals surface area contributed by atoms with Gasteiger partial charge in [0.25, 0.3) is 0 Å².